The van der Waals surface area contributed by atoms with Crippen molar-refractivity contribution < 1.29 is 9.59 Å². The molecule has 1 unspecified atom stereocenters. The number of urea groups is 1. The lowest BCUT2D eigenvalue weighted by molar-refractivity contribution is 0.0580. The summed E-state index contributed by atoms with van der Waals surface area (Å²) in [7, 11) is 0. The van der Waals surface area contributed by atoms with Crippen molar-refractivity contribution in [3.8, 4) is 0 Å². The Bertz CT molecular complexity index is 1200. The van der Waals surface area contributed by atoms with Gasteiger partial charge < -0.3 is 15.1 Å². The lowest BCUT2D eigenvalue weighted by Crippen LogP contribution is -2.59. The number of piperazine rings is 1. The van der Waals surface area contributed by atoms with Gasteiger partial charge in [-0.3, -0.25) is 14.8 Å². The van der Waals surface area contributed by atoms with Crippen LogP contribution in [0.3, 0.4) is 0 Å². The molecule has 0 radical (unpaired) electrons. The average Bonchev–Trinajstić information content (AvgIpc) is 3.57. The number of nitrogens with one attached hydrogen (secondary N) is 2. The molecule has 10 heteroatoms. The number of nitrogens with zero attached hydrogens (tertiary/aromatic N) is 5. The number of para-hydroxylation sites is 1. The van der Waals surface area contributed by atoms with Crippen LogP contribution in [0, 0.1) is 0 Å². The van der Waals surface area contributed by atoms with Gasteiger partial charge >= 0.3 is 6.03 Å². The minimum Gasteiger partial charge on any atom is -0.319 e. The molecule has 3 atom stereocenters. The van der Waals surface area contributed by atoms with Gasteiger partial charge in [-0.1, -0.05) is 12.1 Å². The zero-order valence-electron chi connectivity index (χ0n) is 18.7. The average molecular weight is 466 g/mol. The molecular formula is C23H27N7O2S. The Kier molecular flexibility index (Phi) is 4.88. The number of hydrogen-bond donors (Lipinski definition) is 2. The maximum atomic E-state index is 13.5. The first-order valence-corrected chi connectivity index (χ1v) is 12.4. The molecule has 2 saturated heterocycles. The third-order valence-corrected chi connectivity index (χ3v) is 8.30. The van der Waals surface area contributed by atoms with Crippen LogP contribution in [0.5, 0.6) is 0 Å². The number of anilines is 1. The van der Waals surface area contributed by atoms with Crippen molar-refractivity contribution >= 4 is 39.3 Å². The summed E-state index contributed by atoms with van der Waals surface area (Å²) in [5.74, 6) is 0.193. The number of carbonyl (C=O) groups is 2. The van der Waals surface area contributed by atoms with Crippen LogP contribution in [0.1, 0.15) is 53.8 Å². The quantitative estimate of drug-likeness (QED) is 0.604. The van der Waals surface area contributed by atoms with Crippen LogP contribution in [0.25, 0.3) is 10.2 Å². The molecule has 0 saturated carbocycles. The summed E-state index contributed by atoms with van der Waals surface area (Å²) in [5, 5.41) is 10.7. The Morgan fingerprint density at radius 2 is 2.03 bits per heavy atom. The van der Waals surface area contributed by atoms with E-state index >= 15 is 0 Å². The number of benzene rings is 1. The van der Waals surface area contributed by atoms with E-state index in [1.807, 2.05) is 41.0 Å². The molecule has 0 spiro atoms. The van der Waals surface area contributed by atoms with E-state index in [9.17, 15) is 9.59 Å². The van der Waals surface area contributed by atoms with Crippen LogP contribution < -0.4 is 5.32 Å². The van der Waals surface area contributed by atoms with E-state index < -0.39 is 0 Å². The van der Waals surface area contributed by atoms with Gasteiger partial charge in [0, 0.05) is 30.7 Å². The monoisotopic (exact) mass is 465 g/mol. The Morgan fingerprint density at radius 1 is 1.18 bits per heavy atom. The van der Waals surface area contributed by atoms with Gasteiger partial charge in [-0.05, 0) is 45.4 Å². The zero-order valence-corrected chi connectivity index (χ0v) is 19.6. The summed E-state index contributed by atoms with van der Waals surface area (Å²) < 4.78 is 0.969. The number of amides is 3. The van der Waals surface area contributed by atoms with Crippen molar-refractivity contribution in [2.45, 2.75) is 51.4 Å². The van der Waals surface area contributed by atoms with Crippen LogP contribution in [-0.4, -0.2) is 73.5 Å². The highest BCUT2D eigenvalue weighted by Gasteiger charge is 2.42. The predicted molar refractivity (Wildman–Crippen MR) is 126 cm³/mol. The first-order chi connectivity index (χ1) is 16.0. The molecule has 6 rings (SSSR count). The SMILES string of the molecule is CC1c2[nH]nc(NC(=O)c3nc4ccccc4s3)c2CN1C(=O)N1C[C@@H]2CCCN2C[C@@H]1C. The van der Waals surface area contributed by atoms with Crippen LogP contribution in [-0.2, 0) is 6.54 Å². The van der Waals surface area contributed by atoms with Gasteiger partial charge in [-0.15, -0.1) is 11.3 Å². The standard InChI is InChI=1S/C23H27N7O2S/c1-13-10-28-9-5-6-15(28)11-29(13)23(32)30-12-16-19(14(30)2)26-27-20(16)25-21(31)22-24-17-7-3-4-8-18(17)33-22/h3-4,7-8,13-15H,5-6,9-12H2,1-2H3,(H2,25,26,27,31)/t13-,14?,15-/m0/s1. The Balaban J connectivity index is 1.19. The fraction of sp³-hybridized carbons (Fsp3) is 0.478. The van der Waals surface area contributed by atoms with Gasteiger partial charge in [0.05, 0.1) is 28.5 Å². The molecule has 3 aromatic rings. The van der Waals surface area contributed by atoms with Crippen molar-refractivity contribution in [3.63, 3.8) is 0 Å². The first-order valence-electron chi connectivity index (χ1n) is 11.5. The van der Waals surface area contributed by atoms with E-state index in [1.165, 1.54) is 17.8 Å². The van der Waals surface area contributed by atoms with Crippen molar-refractivity contribution in [1.29, 1.82) is 0 Å². The number of aromatic amines is 1. The third-order valence-electron chi connectivity index (χ3n) is 7.26. The molecule has 33 heavy (non-hydrogen) atoms. The smallest absolute Gasteiger partial charge is 0.319 e. The number of hydrogen-bond acceptors (Lipinski definition) is 6. The fourth-order valence-electron chi connectivity index (χ4n) is 5.43. The van der Waals surface area contributed by atoms with Crippen molar-refractivity contribution in [2.75, 3.05) is 25.0 Å². The van der Waals surface area contributed by atoms with E-state index in [0.717, 1.165) is 47.5 Å². The number of thiazole rings is 1. The Labute approximate surface area is 195 Å². The van der Waals surface area contributed by atoms with Crippen LogP contribution in [0.15, 0.2) is 24.3 Å². The van der Waals surface area contributed by atoms with Crippen molar-refractivity contribution in [1.82, 2.24) is 29.9 Å². The van der Waals surface area contributed by atoms with Gasteiger partial charge in [-0.2, -0.15) is 5.10 Å². The minimum absolute atomic E-state index is 0.0644. The molecule has 3 amide bonds. The van der Waals surface area contributed by atoms with Gasteiger partial charge in [0.15, 0.2) is 10.8 Å². The highest BCUT2D eigenvalue weighted by atomic mass is 32.1. The molecule has 5 heterocycles. The van der Waals surface area contributed by atoms with E-state index in [0.29, 0.717) is 23.4 Å². The van der Waals surface area contributed by atoms with Gasteiger partial charge in [0.25, 0.3) is 5.91 Å². The molecule has 2 aromatic heterocycles. The number of carbonyl (C=O) groups excluding carboxylic acids is 2. The molecule has 0 bridgehead atoms. The number of rotatable bonds is 2. The summed E-state index contributed by atoms with van der Waals surface area (Å²) in [4.78, 5) is 37.3. The second kappa shape index (κ2) is 7.81. The summed E-state index contributed by atoms with van der Waals surface area (Å²) in [6.45, 7) is 7.45. The van der Waals surface area contributed by atoms with Gasteiger partial charge in [0.1, 0.15) is 0 Å². The van der Waals surface area contributed by atoms with Crippen LogP contribution >= 0.6 is 11.3 Å². The van der Waals surface area contributed by atoms with Gasteiger partial charge in [-0.25, -0.2) is 9.78 Å². The van der Waals surface area contributed by atoms with Crippen LogP contribution in [0.2, 0.25) is 0 Å². The van der Waals surface area contributed by atoms with E-state index in [2.05, 4.69) is 32.3 Å². The topological polar surface area (TPSA) is 97.5 Å². The molecule has 172 valence electrons. The first kappa shape index (κ1) is 20.6. The zero-order chi connectivity index (χ0) is 22.7. The molecular weight excluding hydrogens is 438 g/mol. The number of fused-ring (bicyclic) bond motifs is 3. The van der Waals surface area contributed by atoms with Crippen molar-refractivity contribution in [2.24, 2.45) is 0 Å². The maximum Gasteiger partial charge on any atom is 0.321 e. The third kappa shape index (κ3) is 3.39. The fourth-order valence-corrected chi connectivity index (χ4v) is 6.29. The van der Waals surface area contributed by atoms with Crippen molar-refractivity contribution in [3.05, 3.63) is 40.5 Å². The lowest BCUT2D eigenvalue weighted by Gasteiger charge is -2.44. The summed E-state index contributed by atoms with van der Waals surface area (Å²) >= 11 is 1.36. The molecule has 1 aromatic carbocycles. The summed E-state index contributed by atoms with van der Waals surface area (Å²) in [5.41, 5.74) is 2.56. The highest BCUT2D eigenvalue weighted by molar-refractivity contribution is 7.20. The summed E-state index contributed by atoms with van der Waals surface area (Å²) in [6.07, 6.45) is 2.38. The summed E-state index contributed by atoms with van der Waals surface area (Å²) in [6, 6.07) is 8.30. The van der Waals surface area contributed by atoms with E-state index in [1.54, 1.807) is 0 Å². The Hall–Kier alpha value is -2.98. The molecule has 3 aliphatic rings. The molecule has 9 nitrogen and oxygen atoms in total. The second-order valence-corrected chi connectivity index (χ2v) is 10.3. The molecule has 2 fully saturated rings. The lowest BCUT2D eigenvalue weighted by atomic mass is 10.1. The van der Waals surface area contributed by atoms with E-state index in [4.69, 9.17) is 0 Å². The maximum absolute atomic E-state index is 13.5. The number of aromatic nitrogens is 3. The largest absolute Gasteiger partial charge is 0.321 e. The molecule has 0 aliphatic carbocycles. The molecule has 3 aliphatic heterocycles. The predicted octanol–water partition coefficient (Wildman–Crippen LogP) is 3.44. The molecule has 2 N–H and O–H groups in total. The number of H-pyrrole nitrogens is 1. The normalized spacial score (nSPS) is 24.8. The highest BCUT2D eigenvalue weighted by Crippen LogP contribution is 2.37. The Morgan fingerprint density at radius 3 is 2.88 bits per heavy atom. The second-order valence-electron chi connectivity index (χ2n) is 9.28. The van der Waals surface area contributed by atoms with Crippen LogP contribution in [0.4, 0.5) is 10.6 Å². The minimum atomic E-state index is -0.283. The van der Waals surface area contributed by atoms with E-state index in [-0.39, 0.29) is 24.0 Å². The van der Waals surface area contributed by atoms with Gasteiger partial charge in [0.2, 0.25) is 0 Å².